The van der Waals surface area contributed by atoms with Crippen LogP contribution in [0, 0.1) is 11.4 Å². The number of hydrogen-bond donors (Lipinski definition) is 8. The number of nitrogens with zero attached hydrogens (tertiary/aromatic N) is 3. The van der Waals surface area contributed by atoms with Gasteiger partial charge in [0.15, 0.2) is 10.1 Å². The van der Waals surface area contributed by atoms with Gasteiger partial charge in [-0.3, -0.25) is 23.7 Å². The van der Waals surface area contributed by atoms with Crippen molar-refractivity contribution in [3.63, 3.8) is 0 Å². The van der Waals surface area contributed by atoms with Crippen molar-refractivity contribution in [2.75, 3.05) is 40.8 Å². The summed E-state index contributed by atoms with van der Waals surface area (Å²) in [6, 6.07) is 2.43. The second kappa shape index (κ2) is 39.5. The predicted octanol–water partition coefficient (Wildman–Crippen LogP) is 4.35. The lowest BCUT2D eigenvalue weighted by Gasteiger charge is -2.32. The Hall–Kier alpha value is -7.99. The molecule has 0 aliphatic heterocycles. The number of esters is 2. The predicted molar refractivity (Wildman–Crippen MR) is 291 cm³/mol. The fourth-order valence-electron chi connectivity index (χ4n) is 6.25. The Balaban J connectivity index is -0.00000136. The van der Waals surface area contributed by atoms with E-state index in [9.17, 15) is 55.9 Å². The highest BCUT2D eigenvalue weighted by Gasteiger charge is 2.37. The van der Waals surface area contributed by atoms with Gasteiger partial charge in [0.2, 0.25) is 11.8 Å². The molecular formula is C52H79F4N9O19S. The number of aliphatic carboxylic acids is 2. The number of alkyl halides is 3. The Labute approximate surface area is 490 Å². The van der Waals surface area contributed by atoms with E-state index >= 15 is 0 Å². The summed E-state index contributed by atoms with van der Waals surface area (Å²) in [5.41, 5.74) is -6.61. The number of quaternary nitrogens is 1. The maximum absolute atomic E-state index is 13.1. The number of unbranched alkanes of at least 4 members (excludes halogenated alkanes) is 2. The number of carboxylic acids is 2. The Morgan fingerprint density at radius 2 is 1.06 bits per heavy atom. The molecule has 8 N–H and O–H groups in total. The van der Waals surface area contributed by atoms with Gasteiger partial charge in [-0.15, -0.1) is 0 Å². The van der Waals surface area contributed by atoms with Crippen LogP contribution in [0.1, 0.15) is 147 Å². The zero-order valence-electron chi connectivity index (χ0n) is 49.5. The molecule has 2 aromatic rings. The molecular weight excluding hydrogens is 1160 g/mol. The first-order chi connectivity index (χ1) is 38.8. The monoisotopic (exact) mass is 1240 g/mol. The smallest absolute Gasteiger partial charge is 0.485 e. The molecule has 2 rings (SSSR count). The first-order valence-electron chi connectivity index (χ1n) is 25.8. The molecule has 1 unspecified atom stereocenters. The number of rotatable bonds is 25. The van der Waals surface area contributed by atoms with Crippen LogP contribution in [0.15, 0.2) is 36.7 Å². The minimum absolute atomic E-state index is 0.0949. The number of pyridine rings is 2. The average molecular weight is 1240 g/mol. The van der Waals surface area contributed by atoms with E-state index in [0.29, 0.717) is 55.1 Å². The molecule has 0 bridgehead atoms. The molecule has 3 atom stereocenters. The lowest BCUT2D eigenvalue weighted by molar-refractivity contribution is -0.193. The van der Waals surface area contributed by atoms with Crippen LogP contribution in [0.3, 0.4) is 0 Å². The average Bonchev–Trinajstić information content (AvgIpc) is 3.35. The SMILES string of the molecule is CC(C)(C)OC(=O)CCC(NC(=O)N[C@@H](CCCCNC(=O)c1ccc([N+](C)(C)C)nc1)C(=O)OC(C)(C)C)C(C)(C)C.O=C(O)CCCNC(=O)N[C@@H](CCCCNC(=O)c1ccc([18F])nc1)C(=O)O.O=C=O.O=C=O.O=S(=O)([O-])C(F)(F)F. The van der Waals surface area contributed by atoms with E-state index < -0.39 is 80.7 Å². The third-order valence-corrected chi connectivity index (χ3v) is 10.8. The Morgan fingerprint density at radius 1 is 0.624 bits per heavy atom. The minimum Gasteiger partial charge on any atom is -0.741 e. The van der Waals surface area contributed by atoms with Crippen LogP contribution in [0.2, 0.25) is 0 Å². The first kappa shape index (κ1) is 81.2. The number of amides is 6. The van der Waals surface area contributed by atoms with Gasteiger partial charge in [0.1, 0.15) is 23.3 Å². The van der Waals surface area contributed by atoms with E-state index in [1.165, 1.54) is 6.07 Å². The van der Waals surface area contributed by atoms with E-state index in [-0.39, 0.29) is 80.0 Å². The molecule has 0 saturated heterocycles. The number of urea groups is 2. The van der Waals surface area contributed by atoms with Crippen LogP contribution in [0.25, 0.3) is 0 Å². The van der Waals surface area contributed by atoms with Gasteiger partial charge in [-0.05, 0) is 117 Å². The minimum atomic E-state index is -6.09. The second-order valence-electron chi connectivity index (χ2n) is 21.9. The number of carbonyl (C=O) groups excluding carboxylic acids is 10. The quantitative estimate of drug-likeness (QED) is 0.0130. The molecule has 480 valence electrons. The maximum Gasteiger partial charge on any atom is 0.485 e. The van der Waals surface area contributed by atoms with Crippen LogP contribution < -0.4 is 36.4 Å². The summed E-state index contributed by atoms with van der Waals surface area (Å²) in [4.78, 5) is 136. The van der Waals surface area contributed by atoms with Crippen molar-refractivity contribution in [2.24, 2.45) is 5.41 Å². The van der Waals surface area contributed by atoms with Crippen LogP contribution in [0.4, 0.5) is 33.0 Å². The molecule has 0 aliphatic carbocycles. The van der Waals surface area contributed by atoms with Gasteiger partial charge in [0.25, 0.3) is 11.8 Å². The summed E-state index contributed by atoms with van der Waals surface area (Å²) in [5.74, 6) is -3.51. The number of hydrogen-bond acceptors (Lipinski definition) is 19. The summed E-state index contributed by atoms with van der Waals surface area (Å²) in [7, 11) is -0.0880. The van der Waals surface area contributed by atoms with Crippen LogP contribution in [-0.4, -0.2) is 169 Å². The van der Waals surface area contributed by atoms with Gasteiger partial charge in [-0.1, -0.05) is 20.8 Å². The topological polar surface area (TPSA) is 419 Å². The molecule has 0 aromatic carbocycles. The molecule has 28 nitrogen and oxygen atoms in total. The van der Waals surface area contributed by atoms with Crippen molar-refractivity contribution in [1.82, 2.24) is 46.4 Å². The molecule has 0 radical (unpaired) electrons. The van der Waals surface area contributed by atoms with Crippen molar-refractivity contribution in [3.05, 3.63) is 53.7 Å². The molecule has 0 aliphatic rings. The van der Waals surface area contributed by atoms with Gasteiger partial charge in [-0.25, -0.2) is 37.6 Å². The van der Waals surface area contributed by atoms with Crippen LogP contribution in [0.5, 0.6) is 0 Å². The van der Waals surface area contributed by atoms with Crippen molar-refractivity contribution in [3.8, 4) is 0 Å². The molecule has 33 heteroatoms. The van der Waals surface area contributed by atoms with E-state index in [1.807, 2.05) is 68.8 Å². The largest absolute Gasteiger partial charge is 0.741 e. The zero-order chi connectivity index (χ0) is 66.6. The molecule has 0 fully saturated rings. The van der Waals surface area contributed by atoms with E-state index in [2.05, 4.69) is 41.9 Å². The lowest BCUT2D eigenvalue weighted by atomic mass is 9.84. The number of ether oxygens (including phenoxy) is 2. The highest BCUT2D eigenvalue weighted by molar-refractivity contribution is 7.86. The van der Waals surface area contributed by atoms with Gasteiger partial charge < -0.3 is 56.1 Å². The standard InChI is InChI=1S/C32H55N5O6.C17H23FN4O6.CHF3O3S.2CO2/c1-30(2,3)24(17-19-26(38)42-31(4,5)6)36-29(41)35-23(28(40)43-32(7,8)9)15-13-14-20-33-27(39)22-16-18-25(34-21-22)37(10,11)12;18-13-7-6-11(10-21-13)15(25)19-8-2-1-4-12(16(26)27)22-17(28)20-9-3-5-14(23)24;2-1(3,4)8(5,6)7;2*2-1-3/h16,18,21,23-24H,13-15,17,19-20H2,1-12H3,(H2-,33,35,36,39,41);6-7,10,12H,1-5,8-9H2,(H,19,25)(H,23,24)(H,26,27)(H2,20,22,28);(H,5,6,7);;/t23-,24?;12-;;;/m00.../s1/i;18-1;;;. The Bertz CT molecular complexity index is 2600. The van der Waals surface area contributed by atoms with Crippen LogP contribution in [-0.2, 0) is 57.9 Å². The van der Waals surface area contributed by atoms with Crippen molar-refractivity contribution in [1.29, 1.82) is 0 Å². The molecule has 85 heavy (non-hydrogen) atoms. The van der Waals surface area contributed by atoms with Gasteiger partial charge in [0.05, 0.1) is 32.3 Å². The van der Waals surface area contributed by atoms with Crippen molar-refractivity contribution in [2.45, 2.75) is 161 Å². The fraction of sp³-hybridized carbons (Fsp3) is 0.615. The third-order valence-electron chi connectivity index (χ3n) is 10.2. The van der Waals surface area contributed by atoms with Crippen molar-refractivity contribution >= 4 is 76.0 Å². The van der Waals surface area contributed by atoms with E-state index in [4.69, 9.17) is 51.8 Å². The highest BCUT2D eigenvalue weighted by Crippen LogP contribution is 2.24. The maximum atomic E-state index is 13.1. The number of carbonyl (C=O) groups is 8. The molecule has 6 amide bonds. The molecule has 0 spiro atoms. The number of halogens is 4. The Kier molecular flexibility index (Phi) is 37.8. The summed E-state index contributed by atoms with van der Waals surface area (Å²) in [6.45, 7) is 17.5. The highest BCUT2D eigenvalue weighted by atomic mass is 32.2. The number of nitrogens with one attached hydrogen (secondary N) is 6. The first-order valence-corrected chi connectivity index (χ1v) is 27.2. The van der Waals surface area contributed by atoms with Gasteiger partial charge >= 0.3 is 53.8 Å². The molecule has 0 saturated carbocycles. The summed E-state index contributed by atoms with van der Waals surface area (Å²) >= 11 is 0. The third kappa shape index (κ3) is 42.5. The fourth-order valence-corrected chi connectivity index (χ4v) is 6.25. The van der Waals surface area contributed by atoms with E-state index in [1.54, 1.807) is 33.0 Å². The number of carboxylic acid groups (broad SMARTS) is 2. The van der Waals surface area contributed by atoms with Crippen molar-refractivity contribution < 1.29 is 108 Å². The lowest BCUT2D eigenvalue weighted by Crippen LogP contribution is -2.53. The normalized spacial score (nSPS) is 12.2. The van der Waals surface area contributed by atoms with Gasteiger partial charge in [0, 0.05) is 57.0 Å². The summed E-state index contributed by atoms with van der Waals surface area (Å²) in [6.07, 6.45) is 6.41. The second-order valence-corrected chi connectivity index (χ2v) is 23.3. The van der Waals surface area contributed by atoms with E-state index in [0.717, 1.165) is 18.1 Å². The van der Waals surface area contributed by atoms with Crippen LogP contribution >= 0.6 is 0 Å². The Morgan fingerprint density at radius 3 is 1.44 bits per heavy atom. The molecule has 2 aromatic heterocycles. The zero-order valence-corrected chi connectivity index (χ0v) is 50.3. The summed E-state index contributed by atoms with van der Waals surface area (Å²) in [5, 5.41) is 33.6. The summed E-state index contributed by atoms with van der Waals surface area (Å²) < 4.78 is 83.1. The molecule has 2 heterocycles. The number of aromatic nitrogens is 2. The van der Waals surface area contributed by atoms with Gasteiger partial charge in [-0.2, -0.15) is 36.7 Å².